The van der Waals surface area contributed by atoms with E-state index in [0.29, 0.717) is 61.4 Å². The normalized spacial score (nSPS) is 49.3. The monoisotopic (exact) mass is 686 g/mol. The molecule has 6 rings (SSSR count). The molecule has 4 unspecified atom stereocenters. The Labute approximate surface area is 278 Å². The summed E-state index contributed by atoms with van der Waals surface area (Å²) in [5, 5.41) is 40.4. The fourth-order valence-corrected chi connectivity index (χ4v) is 11.3. The van der Waals surface area contributed by atoms with Gasteiger partial charge in [-0.15, -0.1) is 0 Å². The van der Waals surface area contributed by atoms with E-state index < -0.39 is 64.7 Å². The summed E-state index contributed by atoms with van der Waals surface area (Å²) in [6, 6.07) is 0. The van der Waals surface area contributed by atoms with Crippen LogP contribution in [0.1, 0.15) is 86.5 Å². The molecule has 2 aliphatic heterocycles. The van der Waals surface area contributed by atoms with Crippen molar-refractivity contribution in [2.45, 2.75) is 142 Å². The van der Waals surface area contributed by atoms with E-state index >= 15 is 0 Å². The van der Waals surface area contributed by atoms with E-state index in [2.05, 4.69) is 47.6 Å². The summed E-state index contributed by atoms with van der Waals surface area (Å²) >= 11 is 0. The zero-order chi connectivity index (χ0) is 34.4. The summed E-state index contributed by atoms with van der Waals surface area (Å²) in [4.78, 5) is 11.6. The van der Waals surface area contributed by atoms with Crippen molar-refractivity contribution in [3.63, 3.8) is 0 Å². The minimum Gasteiger partial charge on any atom is -0.479 e. The van der Waals surface area contributed by atoms with Crippen LogP contribution in [0.3, 0.4) is 0 Å². The van der Waals surface area contributed by atoms with Crippen LogP contribution in [-0.4, -0.2) is 94.5 Å². The van der Waals surface area contributed by atoms with E-state index in [0.717, 1.165) is 19.3 Å². The van der Waals surface area contributed by atoms with Crippen LogP contribution in [0.25, 0.3) is 0 Å². The number of allylic oxidation sites excluding steroid dienone is 2. The molecule has 13 heteroatoms. The van der Waals surface area contributed by atoms with Crippen LogP contribution in [0.15, 0.2) is 11.6 Å². The molecule has 0 aromatic heterocycles. The minimum atomic E-state index is -4.78. The largest absolute Gasteiger partial charge is 0.479 e. The van der Waals surface area contributed by atoms with Crippen LogP contribution < -0.4 is 0 Å². The second kappa shape index (κ2) is 12.6. The molecule has 12 nitrogen and oxygen atoms in total. The molecule has 0 aromatic rings. The molecule has 0 aromatic carbocycles. The van der Waals surface area contributed by atoms with Gasteiger partial charge in [-0.05, 0) is 97.2 Å². The van der Waals surface area contributed by atoms with E-state index in [4.69, 9.17) is 18.4 Å². The summed E-state index contributed by atoms with van der Waals surface area (Å²) in [7, 11) is -4.78. The Morgan fingerprint density at radius 1 is 0.957 bits per heavy atom. The van der Waals surface area contributed by atoms with Crippen molar-refractivity contribution in [2.75, 3.05) is 0 Å². The van der Waals surface area contributed by atoms with Gasteiger partial charge in [0, 0.05) is 0 Å². The van der Waals surface area contributed by atoms with Crippen molar-refractivity contribution in [1.82, 2.24) is 0 Å². The molecule has 268 valence electrons. The highest BCUT2D eigenvalue weighted by Crippen LogP contribution is 2.67. The molecule has 2 heterocycles. The number of aliphatic hydroxyl groups is 3. The molecular weight excluding hydrogens is 632 g/mol. The Hall–Kier alpha value is -1.16. The summed E-state index contributed by atoms with van der Waals surface area (Å²) in [5.74, 6) is 0.509. The van der Waals surface area contributed by atoms with Gasteiger partial charge in [-0.2, -0.15) is 8.42 Å². The van der Waals surface area contributed by atoms with E-state index in [1.807, 2.05) is 0 Å². The zero-order valence-corrected chi connectivity index (χ0v) is 29.1. The van der Waals surface area contributed by atoms with Gasteiger partial charge in [-0.25, -0.2) is 8.98 Å². The fourth-order valence-electron chi connectivity index (χ4n) is 10.7. The van der Waals surface area contributed by atoms with Crippen LogP contribution in [0, 0.1) is 52.3 Å². The van der Waals surface area contributed by atoms with Crippen molar-refractivity contribution in [3.05, 3.63) is 11.6 Å². The lowest BCUT2D eigenvalue weighted by Crippen LogP contribution is -2.61. The van der Waals surface area contributed by atoms with Gasteiger partial charge >= 0.3 is 16.4 Å². The first kappa shape index (κ1) is 35.7. The van der Waals surface area contributed by atoms with Gasteiger partial charge in [0.05, 0.1) is 24.4 Å². The number of ether oxygens (including phenoxy) is 3. The molecule has 5 N–H and O–H groups in total. The highest BCUT2D eigenvalue weighted by atomic mass is 32.3. The van der Waals surface area contributed by atoms with Crippen LogP contribution >= 0.6 is 0 Å². The number of epoxide rings is 1. The van der Waals surface area contributed by atoms with Gasteiger partial charge in [-0.1, -0.05) is 53.2 Å². The highest BCUT2D eigenvalue weighted by Gasteiger charge is 2.63. The molecule has 2 saturated heterocycles. The van der Waals surface area contributed by atoms with Crippen molar-refractivity contribution >= 4 is 16.4 Å². The first-order valence-electron chi connectivity index (χ1n) is 17.5. The van der Waals surface area contributed by atoms with Crippen LogP contribution in [0.2, 0.25) is 0 Å². The number of carboxylic acid groups (broad SMARTS) is 1. The minimum absolute atomic E-state index is 0.0256. The predicted octanol–water partition coefficient (Wildman–Crippen LogP) is 3.34. The summed E-state index contributed by atoms with van der Waals surface area (Å²) < 4.78 is 57.5. The van der Waals surface area contributed by atoms with E-state index in [-0.39, 0.29) is 23.4 Å². The third kappa shape index (κ3) is 6.24. The zero-order valence-electron chi connectivity index (χ0n) is 28.3. The summed E-state index contributed by atoms with van der Waals surface area (Å²) in [6.07, 6.45) is -2.13. The third-order valence-corrected chi connectivity index (χ3v) is 14.2. The number of aliphatic carboxylic acids is 1. The molecule has 17 atom stereocenters. The smallest absolute Gasteiger partial charge is 0.397 e. The van der Waals surface area contributed by atoms with Gasteiger partial charge < -0.3 is 34.6 Å². The second-order valence-electron chi connectivity index (χ2n) is 16.4. The van der Waals surface area contributed by atoms with Crippen molar-refractivity contribution in [2.24, 2.45) is 52.3 Å². The van der Waals surface area contributed by atoms with Crippen molar-refractivity contribution in [3.8, 4) is 0 Å². The highest BCUT2D eigenvalue weighted by molar-refractivity contribution is 7.80. The maximum atomic E-state index is 12.2. The number of fused-ring (bicyclic) bond motifs is 5. The molecule has 0 bridgehead atoms. The summed E-state index contributed by atoms with van der Waals surface area (Å²) in [5.41, 5.74) is 0.906. The Morgan fingerprint density at radius 2 is 1.66 bits per heavy atom. The SMILES string of the molecule is CC(C)[C@H](C)[C@@H]1O[C@H]1[C@@H](C)[C@H]1CCC2C3C[C@H](OS(=O)(=O)O)C4CC(O[C@@H]5O[C@H](C(=O)O)[C@@H](O)[C@H](O)[C@H]5O)CC[C@]4(C)C3=CC[C@@]21C. The lowest BCUT2D eigenvalue weighted by molar-refractivity contribution is -0.309. The van der Waals surface area contributed by atoms with Crippen molar-refractivity contribution in [1.29, 1.82) is 0 Å². The maximum absolute atomic E-state index is 12.2. The average molecular weight is 687 g/mol. The number of rotatable bonds is 9. The Morgan fingerprint density at radius 3 is 2.30 bits per heavy atom. The molecule has 0 amide bonds. The Bertz CT molecular complexity index is 1340. The van der Waals surface area contributed by atoms with Gasteiger partial charge in [0.1, 0.15) is 18.3 Å². The van der Waals surface area contributed by atoms with Gasteiger partial charge in [0.2, 0.25) is 0 Å². The average Bonchev–Trinajstić information content (AvgIpc) is 3.70. The molecule has 5 fully saturated rings. The molecule has 0 radical (unpaired) electrons. The topological polar surface area (TPSA) is 193 Å². The number of aliphatic hydroxyl groups excluding tert-OH is 3. The van der Waals surface area contributed by atoms with E-state index in [1.165, 1.54) is 5.57 Å². The standard InChI is InChI=1S/C34H54O12S/c1-15(2)16(3)28-29(44-28)17(4)20-7-8-21-19-14-24(46-47(40,41)42)23-13-18(9-11-34(23,6)22(19)10-12-33(20,21)5)43-32-27(37)25(35)26(36)30(45-32)31(38)39/h10,15-21,23-30,32,35-37H,7-9,11-14H2,1-6H3,(H,38,39)(H,40,41,42)/t16-,17-,18?,19?,20+,21?,23?,24-,25-,26-,27+,28-,29-,30-,32+,33+,34+/m0/s1. The van der Waals surface area contributed by atoms with Gasteiger partial charge in [-0.3, -0.25) is 4.55 Å². The first-order chi connectivity index (χ1) is 21.9. The molecule has 3 saturated carbocycles. The third-order valence-electron chi connectivity index (χ3n) is 13.7. The molecular formula is C34H54O12S. The molecule has 6 aliphatic rings. The fraction of sp³-hybridized carbons (Fsp3) is 0.912. The number of carboxylic acids is 1. The van der Waals surface area contributed by atoms with Crippen LogP contribution in [0.4, 0.5) is 0 Å². The van der Waals surface area contributed by atoms with E-state index in [9.17, 15) is 38.2 Å². The number of hydrogen-bond acceptors (Lipinski definition) is 10. The quantitative estimate of drug-likeness (QED) is 0.103. The Kier molecular flexibility index (Phi) is 9.53. The first-order valence-corrected chi connectivity index (χ1v) is 18.8. The van der Waals surface area contributed by atoms with Crippen LogP contribution in [-0.2, 0) is 33.6 Å². The number of carbonyl (C=O) groups is 1. The van der Waals surface area contributed by atoms with Gasteiger partial charge in [0.25, 0.3) is 0 Å². The molecule has 0 spiro atoms. The number of hydrogen-bond donors (Lipinski definition) is 5. The lowest BCUT2D eigenvalue weighted by atomic mass is 9.47. The van der Waals surface area contributed by atoms with E-state index in [1.54, 1.807) is 0 Å². The van der Waals surface area contributed by atoms with Gasteiger partial charge in [0.15, 0.2) is 12.4 Å². The molecule has 4 aliphatic carbocycles. The lowest BCUT2D eigenvalue weighted by Gasteiger charge is -2.59. The van der Waals surface area contributed by atoms with Crippen molar-refractivity contribution < 1.29 is 56.6 Å². The second-order valence-corrected chi connectivity index (χ2v) is 17.4. The summed E-state index contributed by atoms with van der Waals surface area (Å²) in [6.45, 7) is 13.6. The predicted molar refractivity (Wildman–Crippen MR) is 168 cm³/mol. The maximum Gasteiger partial charge on any atom is 0.397 e. The molecule has 47 heavy (non-hydrogen) atoms. The Balaban J connectivity index is 1.23. The van der Waals surface area contributed by atoms with Crippen LogP contribution in [0.5, 0.6) is 0 Å².